The molecule has 0 spiro atoms. The van der Waals surface area contributed by atoms with Crippen LogP contribution in [0.2, 0.25) is 0 Å². The van der Waals surface area contributed by atoms with E-state index in [-0.39, 0.29) is 48.2 Å². The molecule has 0 atom stereocenters. The van der Waals surface area contributed by atoms with E-state index in [0.717, 1.165) is 14.7 Å². The van der Waals surface area contributed by atoms with Crippen molar-refractivity contribution in [2.24, 2.45) is 0 Å². The molecule has 0 unspecified atom stereocenters. The number of alkyl halides is 3. The summed E-state index contributed by atoms with van der Waals surface area (Å²) in [5.74, 6) is 0.0874. The monoisotopic (exact) mass is 533 g/mol. The molecule has 0 aliphatic carbocycles. The van der Waals surface area contributed by atoms with Crippen LogP contribution in [0.15, 0.2) is 39.9 Å². The Morgan fingerprint density at radius 1 is 1.11 bits per heavy atom. The smallest absolute Gasteiger partial charge is 0.383 e. The number of methoxy groups -OCH3 is 1. The van der Waals surface area contributed by atoms with E-state index in [4.69, 9.17) is 4.74 Å². The van der Waals surface area contributed by atoms with Crippen molar-refractivity contribution in [3.8, 4) is 0 Å². The van der Waals surface area contributed by atoms with E-state index in [1.54, 1.807) is 12.1 Å². The maximum absolute atomic E-state index is 14.3. The summed E-state index contributed by atoms with van der Waals surface area (Å²) in [4.78, 5) is 26.3. The van der Waals surface area contributed by atoms with Gasteiger partial charge in [-0.2, -0.15) is 13.2 Å². The summed E-state index contributed by atoms with van der Waals surface area (Å²) >= 11 is 0.690. The van der Waals surface area contributed by atoms with Crippen molar-refractivity contribution < 1.29 is 27.0 Å². The molecule has 4 rings (SSSR count). The van der Waals surface area contributed by atoms with Crippen molar-refractivity contribution in [2.45, 2.75) is 38.7 Å². The number of aromatic nitrogens is 2. The van der Waals surface area contributed by atoms with E-state index in [2.05, 4.69) is 0 Å². The van der Waals surface area contributed by atoms with Crippen molar-refractivity contribution in [1.82, 2.24) is 13.4 Å². The fourth-order valence-electron chi connectivity index (χ4n) is 4.23. The van der Waals surface area contributed by atoms with Gasteiger partial charge in [-0.15, -0.1) is 22.1 Å². The summed E-state index contributed by atoms with van der Waals surface area (Å²) in [6, 6.07) is 9.04. The molecule has 3 heterocycles. The van der Waals surface area contributed by atoms with Crippen LogP contribution in [-0.4, -0.2) is 48.6 Å². The number of rotatable bonds is 8. The van der Waals surface area contributed by atoms with Gasteiger partial charge in [-0.05, 0) is 18.4 Å². The summed E-state index contributed by atoms with van der Waals surface area (Å²) in [7, 11) is -1.76. The summed E-state index contributed by atoms with van der Waals surface area (Å²) in [5.41, 5.74) is -1.99. The normalized spacial score (nSPS) is 17.3. The molecule has 0 saturated carbocycles. The molecule has 192 valence electrons. The quantitative estimate of drug-likeness (QED) is 0.454. The fourth-order valence-corrected chi connectivity index (χ4v) is 7.19. The van der Waals surface area contributed by atoms with Gasteiger partial charge in [0.1, 0.15) is 4.83 Å². The average Bonchev–Trinajstić information content (AvgIpc) is 3.34. The molecule has 1 aliphatic heterocycles. The lowest BCUT2D eigenvalue weighted by molar-refractivity contribution is -0.136. The molecule has 8 nitrogen and oxygen atoms in total. The summed E-state index contributed by atoms with van der Waals surface area (Å²) in [6.07, 6.45) is -4.14. The second kappa shape index (κ2) is 10.1. The van der Waals surface area contributed by atoms with E-state index in [0.29, 0.717) is 24.2 Å². The molecule has 2 aromatic heterocycles. The zero-order chi connectivity index (χ0) is 25.4. The Labute approximate surface area is 204 Å². The first-order chi connectivity index (χ1) is 16.5. The van der Waals surface area contributed by atoms with Crippen molar-refractivity contribution in [3.05, 3.63) is 67.2 Å². The fraction of sp³-hybridized carbons (Fsp3) is 0.455. The minimum absolute atomic E-state index is 0.0341. The number of fused-ring (bicyclic) bond motifs is 1. The van der Waals surface area contributed by atoms with Crippen LogP contribution in [0.4, 0.5) is 13.2 Å². The minimum atomic E-state index is -4.88. The van der Waals surface area contributed by atoms with E-state index in [1.165, 1.54) is 11.4 Å². The van der Waals surface area contributed by atoms with E-state index in [1.807, 2.05) is 18.2 Å². The Hall–Kier alpha value is -2.16. The molecule has 3 aromatic rings. The molecule has 0 radical (unpaired) electrons. The zero-order valence-electron chi connectivity index (χ0n) is 19.0. The highest BCUT2D eigenvalue weighted by Gasteiger charge is 2.41. The lowest BCUT2D eigenvalue weighted by Crippen LogP contribution is -2.41. The van der Waals surface area contributed by atoms with Crippen LogP contribution in [0.25, 0.3) is 10.2 Å². The van der Waals surface area contributed by atoms with Crippen LogP contribution in [0.1, 0.15) is 22.4 Å². The number of benzene rings is 1. The van der Waals surface area contributed by atoms with Crippen molar-refractivity contribution >= 4 is 32.3 Å². The highest BCUT2D eigenvalue weighted by molar-refractivity contribution is 8.22. The third-order valence-electron chi connectivity index (χ3n) is 5.96. The molecule has 35 heavy (non-hydrogen) atoms. The number of hydrogen-bond acceptors (Lipinski definition) is 7. The third kappa shape index (κ3) is 5.20. The number of ether oxygens (including phenoxy) is 1. The van der Waals surface area contributed by atoms with Crippen LogP contribution < -0.4 is 11.2 Å². The Bertz CT molecular complexity index is 1320. The standard InChI is InChI=1S/C22H26F3N3O5S2/c1-33-12-11-28-20-17(19(29)27(21(28)30)10-8-15-6-3-2-4-7-15)18(22(23,24)25)16(34-20)14-26-9-5-13-35(26,31)32/h2-4,6-7,31-32H,5,8-14H2,1H3. The van der Waals surface area contributed by atoms with Crippen molar-refractivity contribution in [1.29, 1.82) is 0 Å². The number of aryl methyl sites for hydroxylation is 1. The molecule has 2 N–H and O–H groups in total. The first-order valence-electron chi connectivity index (χ1n) is 10.9. The van der Waals surface area contributed by atoms with Gasteiger partial charge in [0.2, 0.25) is 0 Å². The first kappa shape index (κ1) is 25.9. The largest absolute Gasteiger partial charge is 0.418 e. The molecule has 0 amide bonds. The van der Waals surface area contributed by atoms with E-state index < -0.39 is 39.2 Å². The Kier molecular flexibility index (Phi) is 7.46. The van der Waals surface area contributed by atoms with Crippen LogP contribution in [0.5, 0.6) is 0 Å². The maximum atomic E-state index is 14.3. The Balaban J connectivity index is 1.90. The Morgan fingerprint density at radius 2 is 1.83 bits per heavy atom. The van der Waals surface area contributed by atoms with Crippen molar-refractivity contribution in [2.75, 3.05) is 26.0 Å². The van der Waals surface area contributed by atoms with E-state index in [9.17, 15) is 31.9 Å². The average molecular weight is 534 g/mol. The van der Waals surface area contributed by atoms with Gasteiger partial charge in [-0.3, -0.25) is 23.0 Å². The summed E-state index contributed by atoms with van der Waals surface area (Å²) in [5, 5.41) is -0.572. The van der Waals surface area contributed by atoms with Crippen LogP contribution in [0.3, 0.4) is 0 Å². The van der Waals surface area contributed by atoms with Gasteiger partial charge in [0.05, 0.1) is 36.4 Å². The first-order valence-corrected chi connectivity index (χ1v) is 13.4. The number of nitrogens with zero attached hydrogens (tertiary/aromatic N) is 3. The highest BCUT2D eigenvalue weighted by Crippen LogP contribution is 2.51. The third-order valence-corrected chi connectivity index (χ3v) is 9.13. The van der Waals surface area contributed by atoms with Crippen LogP contribution in [-0.2, 0) is 37.0 Å². The van der Waals surface area contributed by atoms with Crippen LogP contribution >= 0.6 is 22.1 Å². The van der Waals surface area contributed by atoms with Gasteiger partial charge in [-0.1, -0.05) is 30.3 Å². The van der Waals surface area contributed by atoms with Crippen LogP contribution in [0, 0.1) is 0 Å². The Morgan fingerprint density at radius 3 is 2.43 bits per heavy atom. The second-order valence-corrected chi connectivity index (χ2v) is 11.5. The lowest BCUT2D eigenvalue weighted by atomic mass is 10.1. The van der Waals surface area contributed by atoms with Gasteiger partial charge < -0.3 is 4.74 Å². The molecular formula is C22H26F3N3O5S2. The molecule has 1 aliphatic rings. The van der Waals surface area contributed by atoms with E-state index >= 15 is 0 Å². The SMILES string of the molecule is COCCn1c(=O)n(CCc2ccccc2)c(=O)c2c(C(F)(F)F)c(CN3CCCS3(O)O)sc21. The topological polar surface area (TPSA) is 96.9 Å². The lowest BCUT2D eigenvalue weighted by Gasteiger charge is -2.36. The van der Waals surface area contributed by atoms with Gasteiger partial charge in [0, 0.05) is 25.1 Å². The zero-order valence-corrected chi connectivity index (χ0v) is 20.6. The molecular weight excluding hydrogens is 507 g/mol. The molecule has 0 bridgehead atoms. The van der Waals surface area contributed by atoms with Crippen molar-refractivity contribution in [3.63, 3.8) is 0 Å². The number of hydrogen-bond donors (Lipinski definition) is 2. The second-order valence-electron chi connectivity index (χ2n) is 8.25. The van der Waals surface area contributed by atoms with Gasteiger partial charge in [-0.25, -0.2) is 9.10 Å². The summed E-state index contributed by atoms with van der Waals surface area (Å²) in [6.45, 7) is -0.204. The predicted molar refractivity (Wildman–Crippen MR) is 130 cm³/mol. The van der Waals surface area contributed by atoms with Gasteiger partial charge in [0.15, 0.2) is 0 Å². The van der Waals surface area contributed by atoms with Gasteiger partial charge >= 0.3 is 11.9 Å². The minimum Gasteiger partial charge on any atom is -0.383 e. The number of halogens is 3. The number of thiophene rings is 1. The van der Waals surface area contributed by atoms with Gasteiger partial charge in [0.25, 0.3) is 5.56 Å². The molecule has 13 heteroatoms. The molecule has 1 fully saturated rings. The maximum Gasteiger partial charge on any atom is 0.418 e. The molecule has 1 saturated heterocycles. The predicted octanol–water partition coefficient (Wildman–Crippen LogP) is 4.00. The highest BCUT2D eigenvalue weighted by atomic mass is 32.3. The molecule has 1 aromatic carbocycles. The summed E-state index contributed by atoms with van der Waals surface area (Å²) < 4.78 is 71.7.